The fraction of sp³-hybridized carbons (Fsp3) is 0.778. The van der Waals surface area contributed by atoms with Gasteiger partial charge in [-0.1, -0.05) is 20.8 Å². The molecule has 0 aliphatic rings. The molecule has 0 bridgehead atoms. The summed E-state index contributed by atoms with van der Waals surface area (Å²) in [6.45, 7) is 6.25. The molecule has 0 aromatic rings. The second-order valence-electron chi connectivity index (χ2n) is 4.11. The van der Waals surface area contributed by atoms with Gasteiger partial charge in [0.1, 0.15) is 0 Å². The molecule has 0 radical (unpaired) electrons. The maximum absolute atomic E-state index is 11.0. The molecule has 0 saturated carbocycles. The number of rotatable bonds is 5. The molecule has 0 saturated heterocycles. The summed E-state index contributed by atoms with van der Waals surface area (Å²) in [5, 5.41) is 8.31. The fourth-order valence-electron chi connectivity index (χ4n) is 0.560. The van der Waals surface area contributed by atoms with Crippen molar-refractivity contribution in [2.45, 2.75) is 20.8 Å². The summed E-state index contributed by atoms with van der Waals surface area (Å²) in [6.07, 6.45) is 0. The van der Waals surface area contributed by atoms with Crippen LogP contribution in [0.3, 0.4) is 0 Å². The van der Waals surface area contributed by atoms with Gasteiger partial charge in [-0.2, -0.15) is 0 Å². The van der Waals surface area contributed by atoms with Crippen LogP contribution in [0.15, 0.2) is 0 Å². The molecule has 0 rings (SSSR count). The first-order valence-electron chi connectivity index (χ1n) is 4.26. The lowest BCUT2D eigenvalue weighted by atomic mass is 9.99. The van der Waals surface area contributed by atoms with Gasteiger partial charge in [0.25, 0.3) is 0 Å². The average molecular weight is 220 g/mol. The zero-order valence-electron chi connectivity index (χ0n) is 8.70. The molecule has 4 nitrogen and oxygen atoms in total. The van der Waals surface area contributed by atoms with Gasteiger partial charge < -0.3 is 9.84 Å². The highest BCUT2D eigenvalue weighted by Crippen LogP contribution is 2.13. The molecule has 0 unspecified atom stereocenters. The third kappa shape index (κ3) is 9.38. The Morgan fingerprint density at radius 1 is 1.29 bits per heavy atom. The summed E-state index contributed by atoms with van der Waals surface area (Å²) < 4.78 is 4.94. The van der Waals surface area contributed by atoms with E-state index < -0.39 is 5.97 Å². The zero-order chi connectivity index (χ0) is 11.2. The molecule has 0 amide bonds. The number of carbonyl (C=O) groups is 2. The number of aliphatic carboxylic acids is 1. The molecule has 0 aliphatic heterocycles. The number of hydrogen-bond donors (Lipinski definition) is 1. The van der Waals surface area contributed by atoms with Crippen molar-refractivity contribution in [3.8, 4) is 0 Å². The van der Waals surface area contributed by atoms with Gasteiger partial charge in [0.05, 0.1) is 18.1 Å². The van der Waals surface area contributed by atoms with E-state index in [-0.39, 0.29) is 22.9 Å². The van der Waals surface area contributed by atoms with Gasteiger partial charge in [0.2, 0.25) is 0 Å². The number of ether oxygens (including phenoxy) is 1. The molecule has 1 N–H and O–H groups in total. The van der Waals surface area contributed by atoms with Gasteiger partial charge in [0, 0.05) is 0 Å². The number of carbonyl (C=O) groups excluding carboxylic acids is 1. The Bertz CT molecular complexity index is 207. The molecular formula is C9H16O4S. The monoisotopic (exact) mass is 220 g/mol. The highest BCUT2D eigenvalue weighted by atomic mass is 32.2. The Morgan fingerprint density at radius 2 is 1.86 bits per heavy atom. The van der Waals surface area contributed by atoms with Crippen molar-refractivity contribution < 1.29 is 19.4 Å². The van der Waals surface area contributed by atoms with Crippen molar-refractivity contribution in [3.63, 3.8) is 0 Å². The largest absolute Gasteiger partial charge is 0.481 e. The number of carboxylic acids is 1. The Labute approximate surface area is 88.0 Å². The van der Waals surface area contributed by atoms with Crippen molar-refractivity contribution in [1.29, 1.82) is 0 Å². The Morgan fingerprint density at radius 3 is 2.29 bits per heavy atom. The molecule has 82 valence electrons. The van der Waals surface area contributed by atoms with E-state index in [1.54, 1.807) is 0 Å². The number of thioether (sulfide) groups is 1. The predicted octanol–water partition coefficient (Wildman–Crippen LogP) is 1.39. The first-order valence-corrected chi connectivity index (χ1v) is 5.42. The van der Waals surface area contributed by atoms with E-state index >= 15 is 0 Å². The summed E-state index contributed by atoms with van der Waals surface area (Å²) in [5.41, 5.74) is -0.0485. The topological polar surface area (TPSA) is 63.6 Å². The minimum absolute atomic E-state index is 0.0485. The third-order valence-electron chi connectivity index (χ3n) is 1.11. The van der Waals surface area contributed by atoms with Crippen LogP contribution in [0.5, 0.6) is 0 Å². The summed E-state index contributed by atoms with van der Waals surface area (Å²) in [7, 11) is 0. The van der Waals surface area contributed by atoms with Crippen LogP contribution in [0.2, 0.25) is 0 Å². The molecule has 0 heterocycles. The zero-order valence-corrected chi connectivity index (χ0v) is 9.52. The van der Waals surface area contributed by atoms with Crippen LogP contribution in [-0.2, 0) is 14.3 Å². The minimum Gasteiger partial charge on any atom is -0.481 e. The van der Waals surface area contributed by atoms with Crippen molar-refractivity contribution in [1.82, 2.24) is 0 Å². The average Bonchev–Trinajstić information content (AvgIpc) is 1.99. The van der Waals surface area contributed by atoms with Crippen LogP contribution in [0.4, 0.5) is 0 Å². The molecule has 0 aliphatic carbocycles. The second kappa shape index (κ2) is 5.90. The van der Waals surface area contributed by atoms with Gasteiger partial charge >= 0.3 is 11.9 Å². The van der Waals surface area contributed by atoms with Crippen molar-refractivity contribution in [2.75, 3.05) is 18.1 Å². The molecule has 0 atom stereocenters. The molecule has 0 fully saturated rings. The second-order valence-corrected chi connectivity index (χ2v) is 5.09. The van der Waals surface area contributed by atoms with E-state index in [0.29, 0.717) is 6.61 Å². The summed E-state index contributed by atoms with van der Waals surface area (Å²) in [6, 6.07) is 0. The maximum atomic E-state index is 11.0. The van der Waals surface area contributed by atoms with Gasteiger partial charge in [-0.15, -0.1) is 11.8 Å². The summed E-state index contributed by atoms with van der Waals surface area (Å²) in [5.74, 6) is -1.24. The first kappa shape index (κ1) is 13.3. The predicted molar refractivity (Wildman–Crippen MR) is 55.4 cm³/mol. The van der Waals surface area contributed by atoms with Crippen LogP contribution < -0.4 is 0 Å². The summed E-state index contributed by atoms with van der Waals surface area (Å²) in [4.78, 5) is 21.2. The summed E-state index contributed by atoms with van der Waals surface area (Å²) >= 11 is 1.05. The van der Waals surface area contributed by atoms with Gasteiger partial charge in [-0.05, 0) is 5.41 Å². The number of carboxylic acid groups (broad SMARTS) is 1. The molecular weight excluding hydrogens is 204 g/mol. The number of hydrogen-bond acceptors (Lipinski definition) is 4. The quantitative estimate of drug-likeness (QED) is 0.709. The molecule has 0 aromatic carbocycles. The Kier molecular flexibility index (Phi) is 5.60. The highest BCUT2D eigenvalue weighted by molar-refractivity contribution is 8.00. The third-order valence-corrected chi connectivity index (χ3v) is 2.00. The maximum Gasteiger partial charge on any atom is 0.315 e. The van der Waals surface area contributed by atoms with Crippen LogP contribution in [-0.4, -0.2) is 35.2 Å². The Hall–Kier alpha value is -0.710. The first-order chi connectivity index (χ1) is 6.31. The molecule has 5 heteroatoms. The lowest BCUT2D eigenvalue weighted by Gasteiger charge is -2.17. The fourth-order valence-corrected chi connectivity index (χ4v) is 1.09. The normalized spacial score (nSPS) is 11.1. The number of esters is 1. The Balaban J connectivity index is 3.52. The highest BCUT2D eigenvalue weighted by Gasteiger charge is 2.13. The van der Waals surface area contributed by atoms with Gasteiger partial charge in [0.15, 0.2) is 0 Å². The smallest absolute Gasteiger partial charge is 0.315 e. The lowest BCUT2D eigenvalue weighted by Crippen LogP contribution is -2.19. The molecule has 14 heavy (non-hydrogen) atoms. The van der Waals surface area contributed by atoms with E-state index in [2.05, 4.69) is 0 Å². The van der Waals surface area contributed by atoms with Crippen molar-refractivity contribution in [2.24, 2.45) is 5.41 Å². The minimum atomic E-state index is -0.918. The van der Waals surface area contributed by atoms with Crippen LogP contribution in [0.1, 0.15) is 20.8 Å². The van der Waals surface area contributed by atoms with Crippen LogP contribution in [0, 0.1) is 5.41 Å². The van der Waals surface area contributed by atoms with E-state index in [1.165, 1.54) is 0 Å². The SMILES string of the molecule is CC(C)(C)COC(=O)CSCC(=O)O. The van der Waals surface area contributed by atoms with E-state index in [1.807, 2.05) is 20.8 Å². The van der Waals surface area contributed by atoms with Crippen molar-refractivity contribution >= 4 is 23.7 Å². The molecule has 0 aromatic heterocycles. The van der Waals surface area contributed by atoms with Crippen LogP contribution in [0.25, 0.3) is 0 Å². The van der Waals surface area contributed by atoms with E-state index in [0.717, 1.165) is 11.8 Å². The molecule has 0 spiro atoms. The van der Waals surface area contributed by atoms with Gasteiger partial charge in [-0.3, -0.25) is 9.59 Å². The lowest BCUT2D eigenvalue weighted by molar-refractivity contribution is -0.143. The van der Waals surface area contributed by atoms with Gasteiger partial charge in [-0.25, -0.2) is 0 Å². The van der Waals surface area contributed by atoms with E-state index in [9.17, 15) is 9.59 Å². The van der Waals surface area contributed by atoms with Crippen LogP contribution >= 0.6 is 11.8 Å². The van der Waals surface area contributed by atoms with E-state index in [4.69, 9.17) is 9.84 Å². The van der Waals surface area contributed by atoms with Crippen molar-refractivity contribution in [3.05, 3.63) is 0 Å². The standard InChI is InChI=1S/C9H16O4S/c1-9(2,3)6-13-8(12)5-14-4-7(10)11/h4-6H2,1-3H3,(H,10,11).